The van der Waals surface area contributed by atoms with Crippen LogP contribution < -0.4 is 0 Å². The van der Waals surface area contributed by atoms with Gasteiger partial charge >= 0.3 is 0 Å². The van der Waals surface area contributed by atoms with Gasteiger partial charge in [0.05, 0.1) is 11.5 Å². The van der Waals surface area contributed by atoms with Gasteiger partial charge in [0.15, 0.2) is 9.84 Å². The summed E-state index contributed by atoms with van der Waals surface area (Å²) in [6.07, 6.45) is 10.4. The van der Waals surface area contributed by atoms with E-state index in [1.54, 1.807) is 0 Å². The van der Waals surface area contributed by atoms with Gasteiger partial charge in [0.2, 0.25) is 0 Å². The summed E-state index contributed by atoms with van der Waals surface area (Å²) >= 11 is 0. The second-order valence-electron chi connectivity index (χ2n) is 6.58. The molecule has 2 unspecified atom stereocenters. The molecule has 2 nitrogen and oxygen atoms in total. The Morgan fingerprint density at radius 2 is 1.38 bits per heavy atom. The van der Waals surface area contributed by atoms with Gasteiger partial charge in [-0.3, -0.25) is 0 Å². The Morgan fingerprint density at radius 3 is 1.81 bits per heavy atom. The molecule has 88 valence electrons. The lowest BCUT2D eigenvalue weighted by atomic mass is 9.66. The van der Waals surface area contributed by atoms with Crippen molar-refractivity contribution in [3.8, 4) is 0 Å². The Morgan fingerprint density at radius 1 is 0.938 bits per heavy atom. The van der Waals surface area contributed by atoms with Crippen molar-refractivity contribution in [1.29, 1.82) is 0 Å². The van der Waals surface area contributed by atoms with E-state index in [1.807, 2.05) is 12.2 Å². The molecule has 0 N–H and O–H groups in total. The molecule has 2 atom stereocenters. The fourth-order valence-corrected chi connectivity index (χ4v) is 7.02. The monoisotopic (exact) mass is 238 g/mol. The van der Waals surface area contributed by atoms with E-state index in [-0.39, 0.29) is 16.2 Å². The van der Waals surface area contributed by atoms with E-state index >= 15 is 0 Å². The highest BCUT2D eigenvalue weighted by Crippen LogP contribution is 2.67. The third-order valence-corrected chi connectivity index (χ3v) is 6.39. The van der Waals surface area contributed by atoms with Gasteiger partial charge in [0.1, 0.15) is 0 Å². The molecule has 0 spiro atoms. The summed E-state index contributed by atoms with van der Waals surface area (Å²) in [7, 11) is -2.86. The Labute approximate surface area is 97.3 Å². The maximum Gasteiger partial charge on any atom is 0.152 e. The fourth-order valence-electron chi connectivity index (χ4n) is 4.37. The van der Waals surface area contributed by atoms with E-state index in [0.717, 1.165) is 12.8 Å². The number of allylic oxidation sites excluding steroid dienone is 4. The predicted octanol–water partition coefficient (Wildman–Crippen LogP) is 2.33. The lowest BCUT2D eigenvalue weighted by Gasteiger charge is -2.36. The third-order valence-electron chi connectivity index (χ3n) is 4.48. The number of rotatable bonds is 0. The Hall–Kier alpha value is -0.570. The van der Waals surface area contributed by atoms with Gasteiger partial charge in [-0.1, -0.05) is 38.2 Å². The van der Waals surface area contributed by atoms with Crippen molar-refractivity contribution in [2.45, 2.75) is 26.7 Å². The first-order valence-corrected chi connectivity index (χ1v) is 7.68. The van der Waals surface area contributed by atoms with E-state index in [4.69, 9.17) is 0 Å². The molecule has 1 aliphatic heterocycles. The summed E-state index contributed by atoms with van der Waals surface area (Å²) in [6.45, 7) is 4.52. The topological polar surface area (TPSA) is 34.1 Å². The van der Waals surface area contributed by atoms with E-state index < -0.39 is 9.84 Å². The minimum atomic E-state index is -2.86. The van der Waals surface area contributed by atoms with Gasteiger partial charge in [-0.2, -0.15) is 0 Å². The Balaban J connectivity index is 2.19. The molecule has 3 rings (SSSR count). The predicted molar refractivity (Wildman–Crippen MR) is 64.8 cm³/mol. The molecule has 2 aliphatic carbocycles. The van der Waals surface area contributed by atoms with Crippen LogP contribution in [0.4, 0.5) is 0 Å². The molecule has 0 bridgehead atoms. The van der Waals surface area contributed by atoms with Crippen LogP contribution in [0.5, 0.6) is 0 Å². The molecule has 16 heavy (non-hydrogen) atoms. The maximum atomic E-state index is 11.9. The highest BCUT2D eigenvalue weighted by Gasteiger charge is 2.65. The molecule has 3 heteroatoms. The first-order chi connectivity index (χ1) is 7.29. The van der Waals surface area contributed by atoms with Crippen LogP contribution in [0.1, 0.15) is 26.7 Å². The van der Waals surface area contributed by atoms with Gasteiger partial charge in [0, 0.05) is 10.8 Å². The second kappa shape index (κ2) is 2.63. The molecular formula is C13H18O2S. The average Bonchev–Trinajstić information content (AvgIpc) is 2.40. The van der Waals surface area contributed by atoms with Gasteiger partial charge < -0.3 is 0 Å². The van der Waals surface area contributed by atoms with Crippen molar-refractivity contribution >= 4 is 9.84 Å². The van der Waals surface area contributed by atoms with Crippen LogP contribution in [0.15, 0.2) is 24.3 Å². The van der Waals surface area contributed by atoms with Gasteiger partial charge in [-0.05, 0) is 18.3 Å². The number of hydrogen-bond donors (Lipinski definition) is 0. The Kier molecular flexibility index (Phi) is 1.74. The average molecular weight is 238 g/mol. The van der Waals surface area contributed by atoms with Gasteiger partial charge in [-0.25, -0.2) is 8.42 Å². The van der Waals surface area contributed by atoms with Crippen LogP contribution in [0.25, 0.3) is 0 Å². The zero-order valence-electron chi connectivity index (χ0n) is 9.86. The van der Waals surface area contributed by atoms with Crippen molar-refractivity contribution in [1.82, 2.24) is 0 Å². The fraction of sp³-hybridized carbons (Fsp3) is 0.692. The first-order valence-electron chi connectivity index (χ1n) is 5.86. The van der Waals surface area contributed by atoms with E-state index in [9.17, 15) is 8.42 Å². The quantitative estimate of drug-likeness (QED) is 0.649. The highest BCUT2D eigenvalue weighted by molar-refractivity contribution is 7.91. The summed E-state index contributed by atoms with van der Waals surface area (Å²) in [4.78, 5) is 0. The molecule has 1 saturated heterocycles. The lowest BCUT2D eigenvalue weighted by molar-refractivity contribution is 0.259. The highest BCUT2D eigenvalue weighted by atomic mass is 32.2. The summed E-state index contributed by atoms with van der Waals surface area (Å²) in [5.74, 6) is 0.703. The van der Waals surface area contributed by atoms with Crippen molar-refractivity contribution in [2.24, 2.45) is 16.2 Å². The van der Waals surface area contributed by atoms with Crippen LogP contribution >= 0.6 is 0 Å². The van der Waals surface area contributed by atoms with E-state index in [1.165, 1.54) is 0 Å². The first kappa shape index (κ1) is 10.6. The van der Waals surface area contributed by atoms with Crippen molar-refractivity contribution < 1.29 is 8.42 Å². The molecule has 0 radical (unpaired) electrons. The van der Waals surface area contributed by atoms with E-state index in [2.05, 4.69) is 26.0 Å². The third kappa shape index (κ3) is 1.21. The molecule has 1 heterocycles. The summed E-state index contributed by atoms with van der Waals surface area (Å²) in [5.41, 5.74) is 0.0448. The van der Waals surface area contributed by atoms with Crippen molar-refractivity contribution in [3.05, 3.63) is 24.3 Å². The molecule has 0 aromatic carbocycles. The Bertz CT molecular complexity index is 460. The summed E-state index contributed by atoms with van der Waals surface area (Å²) in [5, 5.41) is 0. The largest absolute Gasteiger partial charge is 0.229 e. The van der Waals surface area contributed by atoms with Crippen LogP contribution in [0, 0.1) is 16.2 Å². The van der Waals surface area contributed by atoms with Crippen molar-refractivity contribution in [2.75, 3.05) is 11.5 Å². The van der Waals surface area contributed by atoms with Crippen molar-refractivity contribution in [3.63, 3.8) is 0 Å². The molecule has 0 amide bonds. The molecule has 0 aromatic heterocycles. The van der Waals surface area contributed by atoms with Gasteiger partial charge in [0.25, 0.3) is 0 Å². The summed E-state index contributed by atoms with van der Waals surface area (Å²) in [6, 6.07) is 0. The van der Waals surface area contributed by atoms with Crippen LogP contribution in [-0.4, -0.2) is 19.9 Å². The molecular weight excluding hydrogens is 220 g/mol. The zero-order chi connectivity index (χ0) is 11.7. The maximum absolute atomic E-state index is 11.9. The molecule has 3 aliphatic rings. The van der Waals surface area contributed by atoms with E-state index in [0.29, 0.717) is 11.5 Å². The summed E-state index contributed by atoms with van der Waals surface area (Å²) < 4.78 is 23.9. The minimum absolute atomic E-state index is 0.107. The van der Waals surface area contributed by atoms with Crippen LogP contribution in [0.2, 0.25) is 0 Å². The van der Waals surface area contributed by atoms with Gasteiger partial charge in [-0.15, -0.1) is 0 Å². The smallest absolute Gasteiger partial charge is 0.152 e. The molecule has 1 saturated carbocycles. The molecule has 2 fully saturated rings. The minimum Gasteiger partial charge on any atom is -0.229 e. The normalized spacial score (nSPS) is 46.6. The molecule has 0 aromatic rings. The number of sulfone groups is 1. The SMILES string of the molecule is CC1(C)CC23C=CC=CC2(C1)CS(=O)(=O)C3. The standard InChI is InChI=1S/C13H18O2S/c1-11(2)7-12-5-3-4-6-13(12,8-11)10-16(14,15)9-12/h3-6H,7-10H2,1-2H3. The zero-order valence-corrected chi connectivity index (χ0v) is 10.7. The van der Waals surface area contributed by atoms with Crippen LogP contribution in [-0.2, 0) is 9.84 Å². The lowest BCUT2D eigenvalue weighted by Crippen LogP contribution is -2.33. The second-order valence-corrected chi connectivity index (χ2v) is 8.65. The number of hydrogen-bond acceptors (Lipinski definition) is 2. The van der Waals surface area contributed by atoms with Crippen LogP contribution in [0.3, 0.4) is 0 Å².